The third-order valence-electron chi connectivity index (χ3n) is 4.75. The molecule has 0 bridgehead atoms. The van der Waals surface area contributed by atoms with Gasteiger partial charge >= 0.3 is 6.09 Å². The molecule has 0 atom stereocenters. The first-order valence-electron chi connectivity index (χ1n) is 10.4. The Labute approximate surface area is 169 Å². The molecule has 28 heavy (non-hydrogen) atoms. The van der Waals surface area contributed by atoms with E-state index in [9.17, 15) is 9.59 Å². The Morgan fingerprint density at radius 1 is 1.11 bits per heavy atom. The number of guanidine groups is 1. The van der Waals surface area contributed by atoms with Crippen molar-refractivity contribution in [1.82, 2.24) is 21.3 Å². The summed E-state index contributed by atoms with van der Waals surface area (Å²) in [4.78, 5) is 28.1. The number of hydrogen-bond acceptors (Lipinski definition) is 4. The van der Waals surface area contributed by atoms with Crippen LogP contribution < -0.4 is 21.3 Å². The molecule has 0 aliphatic heterocycles. The van der Waals surface area contributed by atoms with E-state index in [1.165, 1.54) is 0 Å². The second-order valence-corrected chi connectivity index (χ2v) is 8.41. The van der Waals surface area contributed by atoms with Crippen molar-refractivity contribution < 1.29 is 14.3 Å². The third kappa shape index (κ3) is 9.80. The van der Waals surface area contributed by atoms with Crippen molar-refractivity contribution in [3.63, 3.8) is 0 Å². The second kappa shape index (κ2) is 11.1. The minimum absolute atomic E-state index is 0.116. The van der Waals surface area contributed by atoms with Gasteiger partial charge in [0.1, 0.15) is 5.60 Å². The summed E-state index contributed by atoms with van der Waals surface area (Å²) in [6.45, 7) is 10.8. The fourth-order valence-corrected chi connectivity index (χ4v) is 2.70. The highest BCUT2D eigenvalue weighted by atomic mass is 16.6. The first-order valence-corrected chi connectivity index (χ1v) is 10.4. The molecule has 4 N–H and O–H groups in total. The lowest BCUT2D eigenvalue weighted by Crippen LogP contribution is -2.57. The summed E-state index contributed by atoms with van der Waals surface area (Å²) in [7, 11) is 1.70. The summed E-state index contributed by atoms with van der Waals surface area (Å²) in [5, 5.41) is 12.5. The van der Waals surface area contributed by atoms with Crippen molar-refractivity contribution in [1.29, 1.82) is 0 Å². The lowest BCUT2D eigenvalue weighted by atomic mass is 9.93. The van der Waals surface area contributed by atoms with Crippen LogP contribution in [0.5, 0.6) is 0 Å². The predicted molar refractivity (Wildman–Crippen MR) is 112 cm³/mol. The molecule has 2 amide bonds. The highest BCUT2D eigenvalue weighted by molar-refractivity contribution is 5.80. The summed E-state index contributed by atoms with van der Waals surface area (Å²) < 4.78 is 5.40. The summed E-state index contributed by atoms with van der Waals surface area (Å²) in [5.41, 5.74) is -0.960. The van der Waals surface area contributed by atoms with Crippen molar-refractivity contribution in [2.45, 2.75) is 90.3 Å². The molecule has 0 unspecified atom stereocenters. The van der Waals surface area contributed by atoms with Crippen LogP contribution >= 0.6 is 0 Å². The van der Waals surface area contributed by atoms with Gasteiger partial charge in [0.05, 0.1) is 5.54 Å². The summed E-state index contributed by atoms with van der Waals surface area (Å²) >= 11 is 0. The first-order chi connectivity index (χ1) is 13.1. The molecule has 1 aliphatic carbocycles. The largest absolute Gasteiger partial charge is 0.444 e. The average Bonchev–Trinajstić information content (AvgIpc) is 3.42. The number of aliphatic imine (C=N–C) groups is 1. The zero-order valence-corrected chi connectivity index (χ0v) is 18.4. The molecule has 8 heteroatoms. The molecule has 0 spiro atoms. The van der Waals surface area contributed by atoms with Gasteiger partial charge in [-0.15, -0.1) is 0 Å². The van der Waals surface area contributed by atoms with E-state index in [0.29, 0.717) is 31.5 Å². The fourth-order valence-electron chi connectivity index (χ4n) is 2.70. The highest BCUT2D eigenvalue weighted by Crippen LogP contribution is 2.18. The van der Waals surface area contributed by atoms with Crippen LogP contribution in [0.15, 0.2) is 4.99 Å². The number of carbonyl (C=O) groups is 2. The fraction of sp³-hybridized carbons (Fsp3) is 0.850. The summed E-state index contributed by atoms with van der Waals surface area (Å²) in [6, 6.07) is 0.406. The van der Waals surface area contributed by atoms with Crippen molar-refractivity contribution in [3.8, 4) is 0 Å². The van der Waals surface area contributed by atoms with Crippen LogP contribution in [0.25, 0.3) is 0 Å². The predicted octanol–water partition coefficient (Wildman–Crippen LogP) is 2.29. The van der Waals surface area contributed by atoms with Crippen LogP contribution in [-0.2, 0) is 9.53 Å². The van der Waals surface area contributed by atoms with E-state index < -0.39 is 17.2 Å². The Balaban J connectivity index is 2.41. The van der Waals surface area contributed by atoms with Gasteiger partial charge < -0.3 is 26.0 Å². The van der Waals surface area contributed by atoms with E-state index in [1.807, 2.05) is 34.6 Å². The molecule has 0 aromatic heterocycles. The SMILES string of the molecule is CCC(CC)(CNC(=NC)NCCCC(=O)NC1CC1)NC(=O)OC(C)(C)C. The number of ether oxygens (including phenoxy) is 1. The molecule has 0 aromatic carbocycles. The molecule has 1 fully saturated rings. The molecule has 0 saturated heterocycles. The van der Waals surface area contributed by atoms with Gasteiger partial charge in [0.15, 0.2) is 5.96 Å². The van der Waals surface area contributed by atoms with Gasteiger partial charge in [-0.2, -0.15) is 0 Å². The Bertz CT molecular complexity index is 534. The maximum Gasteiger partial charge on any atom is 0.408 e. The zero-order valence-electron chi connectivity index (χ0n) is 18.4. The molecule has 162 valence electrons. The van der Waals surface area contributed by atoms with E-state index in [2.05, 4.69) is 26.3 Å². The van der Waals surface area contributed by atoms with Crippen LogP contribution in [-0.4, -0.2) is 55.3 Å². The highest BCUT2D eigenvalue weighted by Gasteiger charge is 2.30. The Morgan fingerprint density at radius 3 is 2.25 bits per heavy atom. The van der Waals surface area contributed by atoms with E-state index in [4.69, 9.17) is 4.74 Å². The molecule has 1 saturated carbocycles. The van der Waals surface area contributed by atoms with Crippen LogP contribution in [0.2, 0.25) is 0 Å². The molecule has 0 aromatic rings. The number of hydrogen-bond donors (Lipinski definition) is 4. The van der Waals surface area contributed by atoms with Crippen LogP contribution in [0, 0.1) is 0 Å². The van der Waals surface area contributed by atoms with Crippen molar-refractivity contribution in [2.24, 2.45) is 4.99 Å². The lowest BCUT2D eigenvalue weighted by molar-refractivity contribution is -0.121. The van der Waals surface area contributed by atoms with E-state index in [1.54, 1.807) is 7.05 Å². The molecule has 1 aliphatic rings. The maximum absolute atomic E-state index is 12.2. The van der Waals surface area contributed by atoms with Crippen LogP contribution in [0.1, 0.15) is 73.1 Å². The number of amides is 2. The van der Waals surface area contributed by atoms with Gasteiger partial charge in [0.25, 0.3) is 0 Å². The minimum Gasteiger partial charge on any atom is -0.444 e. The Kier molecular flexibility index (Phi) is 9.55. The number of nitrogens with zero attached hydrogens (tertiary/aromatic N) is 1. The van der Waals surface area contributed by atoms with E-state index in [0.717, 1.165) is 32.1 Å². The van der Waals surface area contributed by atoms with Crippen LogP contribution in [0.3, 0.4) is 0 Å². The molecule has 8 nitrogen and oxygen atoms in total. The molecule has 0 heterocycles. The first kappa shape index (κ1) is 24.0. The topological polar surface area (TPSA) is 104 Å². The number of alkyl carbamates (subject to hydrolysis) is 1. The summed E-state index contributed by atoms with van der Waals surface area (Å²) in [6.07, 6.45) is 4.56. The zero-order chi connectivity index (χ0) is 21.2. The molecular formula is C20H39N5O3. The lowest BCUT2D eigenvalue weighted by Gasteiger charge is -2.34. The molecular weight excluding hydrogens is 358 g/mol. The standard InChI is InChI=1S/C20H39N5O3/c1-7-20(8-2,25-18(27)28-19(3,4)5)14-23-17(21-6)22-13-9-10-16(26)24-15-11-12-15/h15H,7-14H2,1-6H3,(H,24,26)(H,25,27)(H2,21,22,23). The summed E-state index contributed by atoms with van der Waals surface area (Å²) in [5.74, 6) is 0.768. The smallest absolute Gasteiger partial charge is 0.408 e. The second-order valence-electron chi connectivity index (χ2n) is 8.41. The normalized spacial score (nSPS) is 15.0. The van der Waals surface area contributed by atoms with Crippen molar-refractivity contribution >= 4 is 18.0 Å². The van der Waals surface area contributed by atoms with Gasteiger partial charge in [-0.3, -0.25) is 9.79 Å². The molecule has 0 radical (unpaired) electrons. The maximum atomic E-state index is 12.2. The Hall–Kier alpha value is -1.99. The van der Waals surface area contributed by atoms with Gasteiger partial charge in [-0.25, -0.2) is 4.79 Å². The van der Waals surface area contributed by atoms with Gasteiger partial charge in [0.2, 0.25) is 5.91 Å². The van der Waals surface area contributed by atoms with Gasteiger partial charge in [-0.1, -0.05) is 13.8 Å². The number of rotatable bonds is 10. The van der Waals surface area contributed by atoms with E-state index >= 15 is 0 Å². The molecule has 1 rings (SSSR count). The Morgan fingerprint density at radius 2 is 1.75 bits per heavy atom. The minimum atomic E-state index is -0.534. The van der Waals surface area contributed by atoms with E-state index in [-0.39, 0.29) is 5.91 Å². The average molecular weight is 398 g/mol. The van der Waals surface area contributed by atoms with Crippen LogP contribution in [0.4, 0.5) is 4.79 Å². The van der Waals surface area contributed by atoms with Crippen molar-refractivity contribution in [3.05, 3.63) is 0 Å². The van der Waals surface area contributed by atoms with Gasteiger partial charge in [-0.05, 0) is 52.9 Å². The quantitative estimate of drug-likeness (QED) is 0.257. The number of nitrogens with one attached hydrogen (secondary N) is 4. The number of carbonyl (C=O) groups excluding carboxylic acids is 2. The third-order valence-corrected chi connectivity index (χ3v) is 4.75. The van der Waals surface area contributed by atoms with Crippen molar-refractivity contribution in [2.75, 3.05) is 20.1 Å². The van der Waals surface area contributed by atoms with Gasteiger partial charge in [0, 0.05) is 32.6 Å². The monoisotopic (exact) mass is 397 g/mol.